The van der Waals surface area contributed by atoms with Gasteiger partial charge in [-0.3, -0.25) is 4.79 Å². The van der Waals surface area contributed by atoms with Crippen LogP contribution in [0.25, 0.3) is 0 Å². The van der Waals surface area contributed by atoms with Crippen molar-refractivity contribution in [3.05, 3.63) is 29.6 Å². The molecule has 0 amide bonds. The molecular weight excluding hydrogens is 231 g/mol. The van der Waals surface area contributed by atoms with Crippen LogP contribution in [0.4, 0.5) is 4.39 Å². The van der Waals surface area contributed by atoms with Crippen molar-refractivity contribution in [3.8, 4) is 5.75 Å². The van der Waals surface area contributed by atoms with Gasteiger partial charge in [0.15, 0.2) is 17.3 Å². The van der Waals surface area contributed by atoms with Gasteiger partial charge in [-0.2, -0.15) is 0 Å². The van der Waals surface area contributed by atoms with Crippen LogP contribution in [0.1, 0.15) is 48.9 Å². The molecule has 1 saturated carbocycles. The molecule has 0 unspecified atom stereocenters. The highest BCUT2D eigenvalue weighted by Gasteiger charge is 2.22. The van der Waals surface area contributed by atoms with Gasteiger partial charge in [0, 0.05) is 11.5 Å². The third-order valence-electron chi connectivity index (χ3n) is 3.66. The fraction of sp³-hybridized carbons (Fsp3) is 0.533. The highest BCUT2D eigenvalue weighted by atomic mass is 19.1. The van der Waals surface area contributed by atoms with Gasteiger partial charge in [-0.05, 0) is 31.0 Å². The minimum atomic E-state index is -0.461. The molecule has 2 nitrogen and oxygen atoms in total. The predicted molar refractivity (Wildman–Crippen MR) is 68.5 cm³/mol. The second-order valence-corrected chi connectivity index (χ2v) is 4.90. The lowest BCUT2D eigenvalue weighted by Gasteiger charge is -2.13. The summed E-state index contributed by atoms with van der Waals surface area (Å²) < 4.78 is 18.4. The van der Waals surface area contributed by atoms with Crippen LogP contribution in [0.2, 0.25) is 0 Å². The standard InChI is InChI=1S/C15H19FO2/c1-18-14-9-8-12(10-13(14)16)15(17)11-6-4-2-3-5-7-11/h8-11H,2-7H2,1H3. The normalized spacial score (nSPS) is 17.2. The van der Waals surface area contributed by atoms with Crippen LogP contribution in [0, 0.1) is 11.7 Å². The van der Waals surface area contributed by atoms with E-state index in [1.807, 2.05) is 0 Å². The lowest BCUT2D eigenvalue weighted by molar-refractivity contribution is 0.0907. The fourth-order valence-corrected chi connectivity index (χ4v) is 2.60. The molecule has 0 spiro atoms. The van der Waals surface area contributed by atoms with E-state index in [1.54, 1.807) is 6.07 Å². The van der Waals surface area contributed by atoms with Gasteiger partial charge < -0.3 is 4.74 Å². The molecule has 0 aromatic heterocycles. The summed E-state index contributed by atoms with van der Waals surface area (Å²) in [5.41, 5.74) is 0.472. The minimum Gasteiger partial charge on any atom is -0.494 e. The van der Waals surface area contributed by atoms with Crippen LogP contribution in [-0.2, 0) is 0 Å². The largest absolute Gasteiger partial charge is 0.494 e. The number of carbonyl (C=O) groups is 1. The third kappa shape index (κ3) is 2.89. The first-order valence-electron chi connectivity index (χ1n) is 6.60. The molecule has 0 aliphatic heterocycles. The summed E-state index contributed by atoms with van der Waals surface area (Å²) in [5.74, 6) is -0.122. The molecule has 18 heavy (non-hydrogen) atoms. The van der Waals surface area contributed by atoms with E-state index in [4.69, 9.17) is 4.74 Å². The Balaban J connectivity index is 2.14. The third-order valence-corrected chi connectivity index (χ3v) is 3.66. The fourth-order valence-electron chi connectivity index (χ4n) is 2.60. The van der Waals surface area contributed by atoms with Gasteiger partial charge in [-0.1, -0.05) is 25.7 Å². The summed E-state index contributed by atoms with van der Waals surface area (Å²) in [4.78, 5) is 12.3. The second kappa shape index (κ2) is 5.98. The zero-order chi connectivity index (χ0) is 13.0. The molecule has 3 heteroatoms. The monoisotopic (exact) mass is 250 g/mol. The zero-order valence-corrected chi connectivity index (χ0v) is 10.7. The van der Waals surface area contributed by atoms with Crippen molar-refractivity contribution in [3.63, 3.8) is 0 Å². The summed E-state index contributed by atoms with van der Waals surface area (Å²) in [6.45, 7) is 0. The number of ketones is 1. The summed E-state index contributed by atoms with van der Waals surface area (Å²) in [7, 11) is 1.42. The average Bonchev–Trinajstić information content (AvgIpc) is 2.66. The van der Waals surface area contributed by atoms with Gasteiger partial charge in [-0.15, -0.1) is 0 Å². The molecule has 2 rings (SSSR count). The first kappa shape index (κ1) is 13.1. The summed E-state index contributed by atoms with van der Waals surface area (Å²) in [5, 5.41) is 0. The number of methoxy groups -OCH3 is 1. The van der Waals surface area contributed by atoms with E-state index in [2.05, 4.69) is 0 Å². The van der Waals surface area contributed by atoms with E-state index in [0.717, 1.165) is 25.7 Å². The Kier molecular flexibility index (Phi) is 4.34. The van der Waals surface area contributed by atoms with Crippen LogP contribution in [0.5, 0.6) is 5.75 Å². The number of hydrogen-bond donors (Lipinski definition) is 0. The first-order valence-corrected chi connectivity index (χ1v) is 6.60. The van der Waals surface area contributed by atoms with Gasteiger partial charge >= 0.3 is 0 Å². The molecule has 0 N–H and O–H groups in total. The summed E-state index contributed by atoms with van der Waals surface area (Å²) in [6.07, 6.45) is 6.50. The topological polar surface area (TPSA) is 26.3 Å². The molecule has 0 radical (unpaired) electrons. The van der Waals surface area contributed by atoms with E-state index >= 15 is 0 Å². The predicted octanol–water partition coefficient (Wildman–Crippen LogP) is 3.99. The number of benzene rings is 1. The van der Waals surface area contributed by atoms with Crippen molar-refractivity contribution >= 4 is 5.78 Å². The van der Waals surface area contributed by atoms with E-state index in [0.29, 0.717) is 5.56 Å². The van der Waals surface area contributed by atoms with Gasteiger partial charge in [0.25, 0.3) is 0 Å². The average molecular weight is 250 g/mol. The molecule has 0 saturated heterocycles. The molecule has 1 aliphatic carbocycles. The Morgan fingerprint density at radius 2 is 1.89 bits per heavy atom. The van der Waals surface area contributed by atoms with Gasteiger partial charge in [0.05, 0.1) is 7.11 Å². The molecule has 1 fully saturated rings. The molecule has 1 aliphatic rings. The lowest BCUT2D eigenvalue weighted by Crippen LogP contribution is -2.14. The Hall–Kier alpha value is -1.38. The molecule has 0 bridgehead atoms. The summed E-state index contributed by atoms with van der Waals surface area (Å²) >= 11 is 0. The van der Waals surface area contributed by atoms with Gasteiger partial charge in [-0.25, -0.2) is 4.39 Å². The van der Waals surface area contributed by atoms with Gasteiger partial charge in [0.2, 0.25) is 0 Å². The van der Waals surface area contributed by atoms with Crippen molar-refractivity contribution < 1.29 is 13.9 Å². The summed E-state index contributed by atoms with van der Waals surface area (Å²) in [6, 6.07) is 4.49. The Labute approximate surface area is 107 Å². The maximum Gasteiger partial charge on any atom is 0.166 e. The first-order chi connectivity index (χ1) is 8.72. The molecule has 1 aromatic rings. The smallest absolute Gasteiger partial charge is 0.166 e. The molecule has 0 atom stereocenters. The number of halogens is 1. The SMILES string of the molecule is COc1ccc(C(=O)C2CCCCCC2)cc1F. The maximum atomic E-state index is 13.6. The van der Waals surface area contributed by atoms with Crippen molar-refractivity contribution in [2.45, 2.75) is 38.5 Å². The molecular formula is C15H19FO2. The number of hydrogen-bond acceptors (Lipinski definition) is 2. The van der Waals surface area contributed by atoms with Crippen molar-refractivity contribution in [2.75, 3.05) is 7.11 Å². The highest BCUT2D eigenvalue weighted by Crippen LogP contribution is 2.27. The van der Waals surface area contributed by atoms with Crippen LogP contribution >= 0.6 is 0 Å². The number of carbonyl (C=O) groups excluding carboxylic acids is 1. The minimum absolute atomic E-state index is 0.0697. The van der Waals surface area contributed by atoms with Crippen LogP contribution < -0.4 is 4.74 Å². The van der Waals surface area contributed by atoms with E-state index in [9.17, 15) is 9.18 Å². The van der Waals surface area contributed by atoms with Crippen molar-refractivity contribution in [2.24, 2.45) is 5.92 Å². The van der Waals surface area contributed by atoms with Crippen LogP contribution in [0.3, 0.4) is 0 Å². The molecule has 0 heterocycles. The highest BCUT2D eigenvalue weighted by molar-refractivity contribution is 5.98. The Bertz CT molecular complexity index is 421. The van der Waals surface area contributed by atoms with E-state index in [1.165, 1.54) is 32.1 Å². The molecule has 98 valence electrons. The number of ether oxygens (including phenoxy) is 1. The quantitative estimate of drug-likeness (QED) is 0.599. The van der Waals surface area contributed by atoms with Crippen molar-refractivity contribution in [1.29, 1.82) is 0 Å². The molecule has 1 aromatic carbocycles. The Morgan fingerprint density at radius 3 is 2.44 bits per heavy atom. The van der Waals surface area contributed by atoms with E-state index < -0.39 is 5.82 Å². The maximum absolute atomic E-state index is 13.6. The number of Topliss-reactive ketones (excluding diaryl/α,β-unsaturated/α-hetero) is 1. The lowest BCUT2D eigenvalue weighted by atomic mass is 9.91. The number of rotatable bonds is 3. The zero-order valence-electron chi connectivity index (χ0n) is 10.7. The van der Waals surface area contributed by atoms with Crippen LogP contribution in [-0.4, -0.2) is 12.9 Å². The van der Waals surface area contributed by atoms with E-state index in [-0.39, 0.29) is 17.5 Å². The van der Waals surface area contributed by atoms with Crippen molar-refractivity contribution in [1.82, 2.24) is 0 Å². The Morgan fingerprint density at radius 1 is 1.22 bits per heavy atom. The second-order valence-electron chi connectivity index (χ2n) is 4.90. The van der Waals surface area contributed by atoms with Gasteiger partial charge in [0.1, 0.15) is 0 Å². The van der Waals surface area contributed by atoms with Crippen LogP contribution in [0.15, 0.2) is 18.2 Å².